The molecular weight excluding hydrogens is 306 g/mol. The number of halogens is 1. The third-order valence-corrected chi connectivity index (χ3v) is 3.54. The number of likely N-dealkylation sites (N-methyl/N-ethyl adjacent to an activating group) is 2. The first-order valence-corrected chi connectivity index (χ1v) is 7.03. The molecule has 106 valence electrons. The van der Waals surface area contributed by atoms with E-state index in [1.807, 2.05) is 43.1 Å². The number of carbonyl (C=O) groups is 1. The first-order chi connectivity index (χ1) is 8.82. The number of nitrogens with zero attached hydrogens (tertiary/aromatic N) is 2. The fourth-order valence-electron chi connectivity index (χ4n) is 2.10. The van der Waals surface area contributed by atoms with Crippen LogP contribution in [0.25, 0.3) is 0 Å². The summed E-state index contributed by atoms with van der Waals surface area (Å²) >= 11 is 3.47. The van der Waals surface area contributed by atoms with Gasteiger partial charge in [-0.05, 0) is 31.7 Å². The quantitative estimate of drug-likeness (QED) is 0.898. The molecule has 2 N–H and O–H groups in total. The number of hydrogen-bond donors (Lipinski definition) is 1. The zero-order valence-electron chi connectivity index (χ0n) is 11.9. The van der Waals surface area contributed by atoms with Crippen LogP contribution in [0.15, 0.2) is 28.7 Å². The minimum atomic E-state index is -0.0609. The van der Waals surface area contributed by atoms with E-state index < -0.39 is 0 Å². The van der Waals surface area contributed by atoms with E-state index in [1.165, 1.54) is 0 Å². The summed E-state index contributed by atoms with van der Waals surface area (Å²) in [6.45, 7) is 2.31. The lowest BCUT2D eigenvalue weighted by Crippen LogP contribution is -2.42. The maximum absolute atomic E-state index is 11.8. The van der Waals surface area contributed by atoms with Crippen LogP contribution in [0, 0.1) is 0 Å². The average Bonchev–Trinajstić information content (AvgIpc) is 2.28. The van der Waals surface area contributed by atoms with Gasteiger partial charge in [0, 0.05) is 30.7 Å². The van der Waals surface area contributed by atoms with E-state index in [0.29, 0.717) is 6.54 Å². The summed E-state index contributed by atoms with van der Waals surface area (Å²) in [5.74, 6) is 0.0724. The van der Waals surface area contributed by atoms with Crippen LogP contribution in [0.3, 0.4) is 0 Å². The molecule has 1 aromatic carbocycles. The average molecular weight is 328 g/mol. The topological polar surface area (TPSA) is 49.6 Å². The maximum atomic E-state index is 11.8. The highest BCUT2D eigenvalue weighted by atomic mass is 79.9. The Balaban J connectivity index is 2.92. The second-order valence-corrected chi connectivity index (χ2v) is 5.98. The molecule has 0 saturated heterocycles. The van der Waals surface area contributed by atoms with Gasteiger partial charge in [-0.3, -0.25) is 9.69 Å². The molecule has 19 heavy (non-hydrogen) atoms. The van der Waals surface area contributed by atoms with E-state index in [4.69, 9.17) is 5.73 Å². The Morgan fingerprint density at radius 1 is 1.37 bits per heavy atom. The summed E-state index contributed by atoms with van der Waals surface area (Å²) < 4.78 is 1.02. The molecule has 1 amide bonds. The molecule has 2 unspecified atom stereocenters. The van der Waals surface area contributed by atoms with Gasteiger partial charge in [-0.25, -0.2) is 0 Å². The number of benzene rings is 1. The van der Waals surface area contributed by atoms with E-state index in [9.17, 15) is 4.79 Å². The summed E-state index contributed by atoms with van der Waals surface area (Å²) in [7, 11) is 5.45. The fourth-order valence-corrected chi connectivity index (χ4v) is 2.52. The molecule has 0 radical (unpaired) electrons. The molecule has 0 aliphatic heterocycles. The number of hydrogen-bond acceptors (Lipinski definition) is 3. The smallest absolute Gasteiger partial charge is 0.236 e. The van der Waals surface area contributed by atoms with Crippen LogP contribution in [-0.4, -0.2) is 49.4 Å². The molecule has 0 saturated carbocycles. The standard InChI is InChI=1S/C14H22BrN3O/c1-10(16)14(11-6-5-7-12(15)8-11)18(4)9-13(19)17(2)3/h5-8,10,14H,9,16H2,1-4H3. The van der Waals surface area contributed by atoms with Gasteiger partial charge < -0.3 is 10.6 Å². The van der Waals surface area contributed by atoms with Crippen LogP contribution in [0.4, 0.5) is 0 Å². The molecule has 0 heterocycles. The monoisotopic (exact) mass is 327 g/mol. The van der Waals surface area contributed by atoms with Crippen LogP contribution < -0.4 is 5.73 Å². The highest BCUT2D eigenvalue weighted by Gasteiger charge is 2.23. The van der Waals surface area contributed by atoms with Crippen molar-refractivity contribution in [2.24, 2.45) is 5.73 Å². The fraction of sp³-hybridized carbons (Fsp3) is 0.500. The lowest BCUT2D eigenvalue weighted by molar-refractivity contribution is -0.130. The molecule has 0 aliphatic rings. The normalized spacial score (nSPS) is 14.3. The minimum Gasteiger partial charge on any atom is -0.348 e. The van der Waals surface area contributed by atoms with Gasteiger partial charge in [0.1, 0.15) is 0 Å². The first-order valence-electron chi connectivity index (χ1n) is 6.24. The Bertz CT molecular complexity index is 434. The van der Waals surface area contributed by atoms with Crippen LogP contribution in [0.1, 0.15) is 18.5 Å². The number of carbonyl (C=O) groups excluding carboxylic acids is 1. The molecule has 1 rings (SSSR count). The van der Waals surface area contributed by atoms with E-state index in [1.54, 1.807) is 19.0 Å². The summed E-state index contributed by atoms with van der Waals surface area (Å²) in [6.07, 6.45) is 0. The summed E-state index contributed by atoms with van der Waals surface area (Å²) in [5.41, 5.74) is 7.20. The van der Waals surface area contributed by atoms with Crippen molar-refractivity contribution in [2.45, 2.75) is 19.0 Å². The Kier molecular flexibility index (Phi) is 5.97. The predicted octanol–water partition coefficient (Wildman–Crippen LogP) is 1.86. The van der Waals surface area contributed by atoms with Gasteiger partial charge >= 0.3 is 0 Å². The van der Waals surface area contributed by atoms with Crippen molar-refractivity contribution < 1.29 is 4.79 Å². The van der Waals surface area contributed by atoms with Gasteiger partial charge in [0.2, 0.25) is 5.91 Å². The van der Waals surface area contributed by atoms with Crippen molar-refractivity contribution in [3.8, 4) is 0 Å². The van der Waals surface area contributed by atoms with Crippen molar-refractivity contribution >= 4 is 21.8 Å². The van der Waals surface area contributed by atoms with Crippen molar-refractivity contribution in [3.63, 3.8) is 0 Å². The summed E-state index contributed by atoms with van der Waals surface area (Å²) in [6, 6.07) is 8.00. The lowest BCUT2D eigenvalue weighted by Gasteiger charge is -2.31. The van der Waals surface area contributed by atoms with Gasteiger partial charge in [0.05, 0.1) is 6.54 Å². The molecule has 5 heteroatoms. The molecule has 0 aliphatic carbocycles. The zero-order chi connectivity index (χ0) is 14.6. The van der Waals surface area contributed by atoms with E-state index >= 15 is 0 Å². The van der Waals surface area contributed by atoms with Crippen LogP contribution in [-0.2, 0) is 4.79 Å². The van der Waals surface area contributed by atoms with Crippen LogP contribution in [0.2, 0.25) is 0 Å². The first kappa shape index (κ1) is 16.1. The Hall–Kier alpha value is -0.910. The summed E-state index contributed by atoms with van der Waals surface area (Å²) in [5, 5.41) is 0. The van der Waals surface area contributed by atoms with Gasteiger partial charge in [-0.15, -0.1) is 0 Å². The van der Waals surface area contributed by atoms with Gasteiger partial charge in [0.25, 0.3) is 0 Å². The molecular formula is C14H22BrN3O. The maximum Gasteiger partial charge on any atom is 0.236 e. The van der Waals surface area contributed by atoms with Crippen molar-refractivity contribution in [2.75, 3.05) is 27.7 Å². The second-order valence-electron chi connectivity index (χ2n) is 5.06. The Morgan fingerprint density at radius 3 is 2.47 bits per heavy atom. The van der Waals surface area contributed by atoms with E-state index in [-0.39, 0.29) is 18.0 Å². The van der Waals surface area contributed by atoms with Crippen molar-refractivity contribution in [3.05, 3.63) is 34.3 Å². The third kappa shape index (κ3) is 4.60. The molecule has 0 fully saturated rings. The number of rotatable bonds is 5. The SMILES string of the molecule is CC(N)C(c1cccc(Br)c1)N(C)CC(=O)N(C)C. The Morgan fingerprint density at radius 2 is 2.00 bits per heavy atom. The molecule has 2 atom stereocenters. The van der Waals surface area contributed by atoms with E-state index in [2.05, 4.69) is 15.9 Å². The van der Waals surface area contributed by atoms with Gasteiger partial charge in [-0.2, -0.15) is 0 Å². The minimum absolute atomic E-state index is 0.0152. The van der Waals surface area contributed by atoms with E-state index in [0.717, 1.165) is 10.0 Å². The Labute approximate surface area is 123 Å². The zero-order valence-corrected chi connectivity index (χ0v) is 13.5. The van der Waals surface area contributed by atoms with Crippen LogP contribution >= 0.6 is 15.9 Å². The largest absolute Gasteiger partial charge is 0.348 e. The lowest BCUT2D eigenvalue weighted by atomic mass is 9.99. The summed E-state index contributed by atoms with van der Waals surface area (Å²) in [4.78, 5) is 15.4. The number of nitrogens with two attached hydrogens (primary N) is 1. The molecule has 0 spiro atoms. The second kappa shape index (κ2) is 7.03. The predicted molar refractivity (Wildman–Crippen MR) is 81.9 cm³/mol. The van der Waals surface area contributed by atoms with Crippen molar-refractivity contribution in [1.82, 2.24) is 9.80 Å². The molecule has 0 bridgehead atoms. The number of amides is 1. The van der Waals surface area contributed by atoms with Gasteiger partial charge in [0.15, 0.2) is 0 Å². The molecule has 1 aromatic rings. The highest BCUT2D eigenvalue weighted by molar-refractivity contribution is 9.10. The third-order valence-electron chi connectivity index (χ3n) is 3.05. The molecule has 0 aromatic heterocycles. The van der Waals surface area contributed by atoms with Crippen molar-refractivity contribution in [1.29, 1.82) is 0 Å². The molecule has 4 nitrogen and oxygen atoms in total. The highest BCUT2D eigenvalue weighted by Crippen LogP contribution is 2.24. The van der Waals surface area contributed by atoms with Crippen LogP contribution in [0.5, 0.6) is 0 Å². The van der Waals surface area contributed by atoms with Gasteiger partial charge in [-0.1, -0.05) is 28.1 Å².